The van der Waals surface area contributed by atoms with Crippen LogP contribution in [0.2, 0.25) is 0 Å². The molecule has 1 heteroatoms. The minimum Gasteiger partial charge on any atom is -0.227 e. The van der Waals surface area contributed by atoms with Crippen LogP contribution in [0.3, 0.4) is 0 Å². The molecule has 0 unspecified atom stereocenters. The number of hydrogen-bond donors (Lipinski definition) is 0. The lowest BCUT2D eigenvalue weighted by atomic mass is 10.3. The van der Waals surface area contributed by atoms with E-state index in [1.807, 2.05) is 6.08 Å². The van der Waals surface area contributed by atoms with Crippen LogP contribution in [-0.4, -0.2) is 6.54 Å². The second kappa shape index (κ2) is 1.98. The molecule has 6 heavy (non-hydrogen) atoms. The van der Waals surface area contributed by atoms with E-state index in [2.05, 4.69) is 17.9 Å². The van der Waals surface area contributed by atoms with E-state index >= 15 is 0 Å². The van der Waals surface area contributed by atoms with Gasteiger partial charge in [-0.25, -0.2) is 5.32 Å². The van der Waals surface area contributed by atoms with Crippen molar-refractivity contribution in [1.29, 1.82) is 0 Å². The van der Waals surface area contributed by atoms with E-state index in [1.165, 1.54) is 0 Å². The Morgan fingerprint density at radius 3 is 2.67 bits per heavy atom. The van der Waals surface area contributed by atoms with Crippen LogP contribution in [0.5, 0.6) is 0 Å². The van der Waals surface area contributed by atoms with Crippen LogP contribution in [0.1, 0.15) is 6.42 Å². The van der Waals surface area contributed by atoms with Crippen molar-refractivity contribution < 1.29 is 0 Å². The molecule has 0 atom stereocenters. The molecular weight excluding hydrogens is 74.1 g/mol. The molecule has 0 fully saturated rings. The van der Waals surface area contributed by atoms with Gasteiger partial charge in [0.1, 0.15) is 0 Å². The van der Waals surface area contributed by atoms with Crippen LogP contribution in [0.25, 0.3) is 0 Å². The Balaban J connectivity index is 2.26. The Morgan fingerprint density at radius 2 is 2.50 bits per heavy atom. The molecule has 1 aliphatic rings. The predicted molar refractivity (Wildman–Crippen MR) is 24.0 cm³/mol. The largest absolute Gasteiger partial charge is 0.227 e. The average molecular weight is 80.1 g/mol. The van der Waals surface area contributed by atoms with E-state index < -0.39 is 0 Å². The molecule has 0 spiro atoms. The first-order valence-corrected chi connectivity index (χ1v) is 2.04. The van der Waals surface area contributed by atoms with Gasteiger partial charge in [-0.05, 0) is 6.42 Å². The minimum atomic E-state index is 0.833. The molecule has 0 aromatic rings. The summed E-state index contributed by atoms with van der Waals surface area (Å²) in [4.78, 5) is 0. The van der Waals surface area contributed by atoms with Crippen molar-refractivity contribution in [2.45, 2.75) is 6.42 Å². The van der Waals surface area contributed by atoms with Gasteiger partial charge in [0.15, 0.2) is 0 Å². The monoisotopic (exact) mass is 80.1 g/mol. The molecule has 0 aromatic heterocycles. The van der Waals surface area contributed by atoms with Crippen molar-refractivity contribution in [3.8, 4) is 0 Å². The molecule has 3 radical (unpaired) electrons. The summed E-state index contributed by atoms with van der Waals surface area (Å²) in [5.74, 6) is 0. The van der Waals surface area contributed by atoms with E-state index in [9.17, 15) is 0 Å². The van der Waals surface area contributed by atoms with E-state index in [4.69, 9.17) is 0 Å². The zero-order valence-electron chi connectivity index (χ0n) is 3.52. The summed E-state index contributed by atoms with van der Waals surface area (Å²) in [6, 6.07) is 0. The van der Waals surface area contributed by atoms with Gasteiger partial charge in [-0.2, -0.15) is 0 Å². The molecule has 1 rings (SSSR count). The summed E-state index contributed by atoms with van der Waals surface area (Å²) in [6.45, 7) is 3.66. The summed E-state index contributed by atoms with van der Waals surface area (Å²) in [5.41, 5.74) is 0. The summed E-state index contributed by atoms with van der Waals surface area (Å²) in [6.07, 6.45) is 5.00. The maximum atomic E-state index is 3.84. The molecular formula is C5H6N. The standard InChI is InChI=1S/C5H6N/c1-2-4-6-5-3-1/h1-2H,3-4H2. The highest BCUT2D eigenvalue weighted by Crippen LogP contribution is 1.91. The fourth-order valence-electron chi connectivity index (χ4n) is 0.392. The average Bonchev–Trinajstić information content (AvgIpc) is 1.72. The minimum absolute atomic E-state index is 0.833. The molecule has 0 saturated heterocycles. The SMILES string of the molecule is [C]1CC=CC[N]1. The van der Waals surface area contributed by atoms with Crippen LogP contribution < -0.4 is 5.32 Å². The van der Waals surface area contributed by atoms with Gasteiger partial charge in [0.25, 0.3) is 0 Å². The highest BCUT2D eigenvalue weighted by atomic mass is 14.8. The van der Waals surface area contributed by atoms with Gasteiger partial charge in [-0.15, -0.1) is 0 Å². The van der Waals surface area contributed by atoms with Crippen LogP contribution in [0, 0.1) is 6.54 Å². The third kappa shape index (κ3) is 0.830. The van der Waals surface area contributed by atoms with E-state index in [1.54, 1.807) is 0 Å². The molecule has 1 heterocycles. The summed E-state index contributed by atoms with van der Waals surface area (Å²) in [7, 11) is 0. The van der Waals surface area contributed by atoms with Crippen molar-refractivity contribution >= 4 is 0 Å². The fourth-order valence-corrected chi connectivity index (χ4v) is 0.392. The third-order valence-corrected chi connectivity index (χ3v) is 0.684. The summed E-state index contributed by atoms with van der Waals surface area (Å²) >= 11 is 0. The van der Waals surface area contributed by atoms with Crippen LogP contribution in [0.4, 0.5) is 0 Å². The number of hydrogen-bond acceptors (Lipinski definition) is 0. The topological polar surface area (TPSA) is 14.1 Å². The van der Waals surface area contributed by atoms with Gasteiger partial charge in [0.2, 0.25) is 0 Å². The van der Waals surface area contributed by atoms with Gasteiger partial charge in [-0.3, -0.25) is 0 Å². The van der Waals surface area contributed by atoms with E-state index in [-0.39, 0.29) is 0 Å². The fraction of sp³-hybridized carbons (Fsp3) is 0.400. The first-order valence-electron chi connectivity index (χ1n) is 2.04. The highest BCUT2D eigenvalue weighted by molar-refractivity contribution is 4.93. The lowest BCUT2D eigenvalue weighted by Gasteiger charge is -1.97. The Labute approximate surface area is 38.1 Å². The quantitative estimate of drug-likeness (QED) is 0.378. The van der Waals surface area contributed by atoms with Gasteiger partial charge in [0, 0.05) is 6.54 Å². The number of rotatable bonds is 0. The molecule has 0 amide bonds. The van der Waals surface area contributed by atoms with Crippen molar-refractivity contribution in [1.82, 2.24) is 5.32 Å². The van der Waals surface area contributed by atoms with Crippen LogP contribution in [-0.2, 0) is 0 Å². The molecule has 0 bridgehead atoms. The lowest BCUT2D eigenvalue weighted by molar-refractivity contribution is 0.813. The van der Waals surface area contributed by atoms with Crippen molar-refractivity contribution in [2.75, 3.05) is 6.54 Å². The first-order chi connectivity index (χ1) is 3.00. The summed E-state index contributed by atoms with van der Waals surface area (Å²) < 4.78 is 0. The van der Waals surface area contributed by atoms with E-state index in [0.29, 0.717) is 0 Å². The second-order valence-corrected chi connectivity index (χ2v) is 1.17. The van der Waals surface area contributed by atoms with Gasteiger partial charge in [0.05, 0.1) is 6.54 Å². The Bertz CT molecular complexity index is 49.0. The van der Waals surface area contributed by atoms with Crippen LogP contribution >= 0.6 is 0 Å². The lowest BCUT2D eigenvalue weighted by Crippen LogP contribution is -2.03. The zero-order valence-corrected chi connectivity index (χ0v) is 3.52. The first kappa shape index (κ1) is 3.88. The van der Waals surface area contributed by atoms with Crippen molar-refractivity contribution in [2.24, 2.45) is 0 Å². The third-order valence-electron chi connectivity index (χ3n) is 0.684. The second-order valence-electron chi connectivity index (χ2n) is 1.17. The Hall–Kier alpha value is -0.300. The Morgan fingerprint density at radius 1 is 1.50 bits per heavy atom. The summed E-state index contributed by atoms with van der Waals surface area (Å²) in [5, 5.41) is 3.84. The van der Waals surface area contributed by atoms with Crippen molar-refractivity contribution in [3.05, 3.63) is 18.7 Å². The highest BCUT2D eigenvalue weighted by Gasteiger charge is 1.88. The molecule has 0 aliphatic carbocycles. The van der Waals surface area contributed by atoms with Gasteiger partial charge in [-0.1, -0.05) is 12.2 Å². The molecule has 0 aromatic carbocycles. The van der Waals surface area contributed by atoms with Crippen molar-refractivity contribution in [3.63, 3.8) is 0 Å². The maximum Gasteiger partial charge on any atom is 0.0833 e. The predicted octanol–water partition coefficient (Wildman–Crippen LogP) is 0.589. The number of nitrogens with zero attached hydrogens (tertiary/aromatic N) is 1. The zero-order chi connectivity index (χ0) is 4.24. The van der Waals surface area contributed by atoms with Gasteiger partial charge >= 0.3 is 0 Å². The normalized spacial score (nSPS) is 21.3. The molecule has 1 aliphatic heterocycles. The molecule has 0 N–H and O–H groups in total. The molecule has 31 valence electrons. The van der Waals surface area contributed by atoms with Crippen LogP contribution in [0.15, 0.2) is 12.2 Å². The Kier molecular flexibility index (Phi) is 1.28. The van der Waals surface area contributed by atoms with E-state index in [0.717, 1.165) is 13.0 Å². The molecule has 1 nitrogen and oxygen atoms in total. The maximum absolute atomic E-state index is 3.84. The molecule has 0 saturated carbocycles. The van der Waals surface area contributed by atoms with Gasteiger partial charge < -0.3 is 0 Å². The smallest absolute Gasteiger partial charge is 0.0833 e.